The number of alkyl halides is 1. The molecule has 0 saturated carbocycles. The second-order valence-electron chi connectivity index (χ2n) is 3.15. The van der Waals surface area contributed by atoms with Crippen LogP contribution in [0.25, 0.3) is 11.3 Å². The Balaban J connectivity index is 2.43. The van der Waals surface area contributed by atoms with Gasteiger partial charge in [0.2, 0.25) is 0 Å². The number of imidazole rings is 1. The lowest BCUT2D eigenvalue weighted by molar-refractivity contribution is 0.847. The first-order chi connectivity index (χ1) is 6.81. The Kier molecular flexibility index (Phi) is 2.55. The lowest BCUT2D eigenvalue weighted by Crippen LogP contribution is -1.91. The van der Waals surface area contributed by atoms with Crippen LogP contribution >= 0.6 is 11.6 Å². The molecule has 0 bridgehead atoms. The van der Waals surface area contributed by atoms with Gasteiger partial charge < -0.3 is 4.57 Å². The zero-order chi connectivity index (χ0) is 9.97. The molecular formula is C11H11ClN2. The third-order valence-corrected chi connectivity index (χ3v) is 2.40. The molecule has 2 rings (SSSR count). The van der Waals surface area contributed by atoms with E-state index in [0.29, 0.717) is 5.88 Å². The van der Waals surface area contributed by atoms with Crippen molar-refractivity contribution in [2.45, 2.75) is 5.88 Å². The minimum atomic E-state index is 0.448. The first kappa shape index (κ1) is 9.28. The van der Waals surface area contributed by atoms with Crippen LogP contribution in [0, 0.1) is 0 Å². The van der Waals surface area contributed by atoms with Crippen molar-refractivity contribution < 1.29 is 0 Å². The second kappa shape index (κ2) is 3.84. The lowest BCUT2D eigenvalue weighted by Gasteiger charge is -1.92. The highest BCUT2D eigenvalue weighted by Gasteiger charge is 2.04. The summed E-state index contributed by atoms with van der Waals surface area (Å²) in [4.78, 5) is 4.43. The van der Waals surface area contributed by atoms with Gasteiger partial charge in [0.15, 0.2) is 0 Å². The molecule has 0 aliphatic carbocycles. The van der Waals surface area contributed by atoms with Crippen molar-refractivity contribution in [3.05, 3.63) is 42.4 Å². The van der Waals surface area contributed by atoms with Crippen molar-refractivity contribution in [1.82, 2.24) is 9.55 Å². The molecule has 0 saturated heterocycles. The normalized spacial score (nSPS) is 10.4. The zero-order valence-corrected chi connectivity index (χ0v) is 8.70. The summed E-state index contributed by atoms with van der Waals surface area (Å²) < 4.78 is 1.95. The number of aryl methyl sites for hydroxylation is 1. The van der Waals surface area contributed by atoms with E-state index in [9.17, 15) is 0 Å². The van der Waals surface area contributed by atoms with Crippen LogP contribution in [0.5, 0.6) is 0 Å². The topological polar surface area (TPSA) is 17.8 Å². The smallest absolute Gasteiger partial charge is 0.124 e. The molecule has 0 spiro atoms. The number of aromatic nitrogens is 2. The van der Waals surface area contributed by atoms with Crippen LogP contribution in [-0.2, 0) is 12.9 Å². The van der Waals surface area contributed by atoms with Gasteiger partial charge in [0.05, 0.1) is 11.6 Å². The summed E-state index contributed by atoms with van der Waals surface area (Å²) in [7, 11) is 1.96. The molecule has 0 unspecified atom stereocenters. The summed E-state index contributed by atoms with van der Waals surface area (Å²) in [6.45, 7) is 0. The molecule has 72 valence electrons. The Morgan fingerprint density at radius 2 is 2.00 bits per heavy atom. The van der Waals surface area contributed by atoms with Gasteiger partial charge in [-0.05, 0) is 0 Å². The zero-order valence-electron chi connectivity index (χ0n) is 7.94. The van der Waals surface area contributed by atoms with Gasteiger partial charge in [-0.25, -0.2) is 4.98 Å². The number of benzene rings is 1. The van der Waals surface area contributed by atoms with E-state index >= 15 is 0 Å². The maximum atomic E-state index is 5.75. The molecule has 0 aliphatic heterocycles. The lowest BCUT2D eigenvalue weighted by atomic mass is 10.2. The number of hydrogen-bond acceptors (Lipinski definition) is 1. The van der Waals surface area contributed by atoms with Gasteiger partial charge in [-0.3, -0.25) is 0 Å². The van der Waals surface area contributed by atoms with Gasteiger partial charge in [0.1, 0.15) is 5.82 Å². The standard InChI is InChI=1S/C11H11ClN2/c1-14-8-10(13-11(14)7-12)9-5-3-2-4-6-9/h2-6,8H,7H2,1H3. The Morgan fingerprint density at radius 1 is 1.29 bits per heavy atom. The fourth-order valence-corrected chi connectivity index (χ4v) is 1.63. The molecule has 3 heteroatoms. The third kappa shape index (κ3) is 1.66. The molecule has 0 aliphatic rings. The Hall–Kier alpha value is -1.28. The highest BCUT2D eigenvalue weighted by Crippen LogP contribution is 2.18. The Labute approximate surface area is 88.2 Å². The molecule has 2 aromatic rings. The van der Waals surface area contributed by atoms with E-state index in [1.54, 1.807) is 0 Å². The molecule has 14 heavy (non-hydrogen) atoms. The van der Waals surface area contributed by atoms with Crippen LogP contribution in [0.2, 0.25) is 0 Å². The predicted octanol–water partition coefficient (Wildman–Crippen LogP) is 2.83. The van der Waals surface area contributed by atoms with Gasteiger partial charge in [-0.15, -0.1) is 11.6 Å². The van der Waals surface area contributed by atoms with E-state index < -0.39 is 0 Å². The van der Waals surface area contributed by atoms with Gasteiger partial charge in [-0.2, -0.15) is 0 Å². The maximum Gasteiger partial charge on any atom is 0.124 e. The quantitative estimate of drug-likeness (QED) is 0.691. The van der Waals surface area contributed by atoms with Crippen molar-refractivity contribution in [2.24, 2.45) is 7.05 Å². The summed E-state index contributed by atoms with van der Waals surface area (Å²) in [5.41, 5.74) is 2.10. The van der Waals surface area contributed by atoms with E-state index in [4.69, 9.17) is 11.6 Å². The van der Waals surface area contributed by atoms with Crippen LogP contribution in [0.3, 0.4) is 0 Å². The second-order valence-corrected chi connectivity index (χ2v) is 3.42. The minimum absolute atomic E-state index is 0.448. The molecule has 1 aromatic heterocycles. The highest BCUT2D eigenvalue weighted by atomic mass is 35.5. The van der Waals surface area contributed by atoms with Crippen LogP contribution < -0.4 is 0 Å². The van der Waals surface area contributed by atoms with Crippen molar-refractivity contribution in [3.63, 3.8) is 0 Å². The van der Waals surface area contributed by atoms with Gasteiger partial charge in [0, 0.05) is 18.8 Å². The van der Waals surface area contributed by atoms with Gasteiger partial charge in [0.25, 0.3) is 0 Å². The molecule has 1 heterocycles. The fourth-order valence-electron chi connectivity index (χ4n) is 1.38. The molecule has 2 nitrogen and oxygen atoms in total. The predicted molar refractivity (Wildman–Crippen MR) is 58.2 cm³/mol. The molecule has 1 aromatic carbocycles. The van der Waals surface area contributed by atoms with Crippen molar-refractivity contribution in [3.8, 4) is 11.3 Å². The first-order valence-corrected chi connectivity index (χ1v) is 4.98. The Bertz CT molecular complexity index is 420. The molecule has 0 N–H and O–H groups in total. The summed E-state index contributed by atoms with van der Waals surface area (Å²) >= 11 is 5.75. The number of halogens is 1. The number of nitrogens with zero attached hydrogens (tertiary/aromatic N) is 2. The average molecular weight is 207 g/mol. The highest BCUT2D eigenvalue weighted by molar-refractivity contribution is 6.16. The van der Waals surface area contributed by atoms with Crippen LogP contribution in [0.15, 0.2) is 36.5 Å². The first-order valence-electron chi connectivity index (χ1n) is 4.45. The van der Waals surface area contributed by atoms with E-state index in [1.165, 1.54) is 0 Å². The van der Waals surface area contributed by atoms with E-state index in [0.717, 1.165) is 17.1 Å². The maximum absolute atomic E-state index is 5.75. The molecular weight excluding hydrogens is 196 g/mol. The molecule has 0 fully saturated rings. The van der Waals surface area contributed by atoms with E-state index in [1.807, 2.05) is 48.1 Å². The Morgan fingerprint density at radius 3 is 2.57 bits per heavy atom. The van der Waals surface area contributed by atoms with Crippen LogP contribution in [0.4, 0.5) is 0 Å². The summed E-state index contributed by atoms with van der Waals surface area (Å²) in [6.07, 6.45) is 1.99. The third-order valence-electron chi connectivity index (χ3n) is 2.16. The monoisotopic (exact) mass is 206 g/mol. The number of hydrogen-bond donors (Lipinski definition) is 0. The SMILES string of the molecule is Cn1cc(-c2ccccc2)nc1CCl. The van der Waals surface area contributed by atoms with E-state index in [-0.39, 0.29) is 0 Å². The van der Waals surface area contributed by atoms with Crippen molar-refractivity contribution >= 4 is 11.6 Å². The molecule has 0 amide bonds. The fraction of sp³-hybridized carbons (Fsp3) is 0.182. The average Bonchev–Trinajstić information content (AvgIpc) is 2.61. The summed E-state index contributed by atoms with van der Waals surface area (Å²) in [6, 6.07) is 10.1. The summed E-state index contributed by atoms with van der Waals surface area (Å²) in [5, 5.41) is 0. The van der Waals surface area contributed by atoms with Gasteiger partial charge in [-0.1, -0.05) is 30.3 Å². The van der Waals surface area contributed by atoms with Crippen molar-refractivity contribution in [1.29, 1.82) is 0 Å². The van der Waals surface area contributed by atoms with Crippen LogP contribution in [0.1, 0.15) is 5.82 Å². The van der Waals surface area contributed by atoms with Crippen molar-refractivity contribution in [2.75, 3.05) is 0 Å². The molecule has 0 radical (unpaired) electrons. The summed E-state index contributed by atoms with van der Waals surface area (Å²) in [5.74, 6) is 1.34. The minimum Gasteiger partial charge on any atom is -0.336 e. The van der Waals surface area contributed by atoms with E-state index in [2.05, 4.69) is 4.98 Å². The van der Waals surface area contributed by atoms with Crippen LogP contribution in [-0.4, -0.2) is 9.55 Å². The largest absolute Gasteiger partial charge is 0.336 e. The molecule has 0 atom stereocenters. The van der Waals surface area contributed by atoms with Gasteiger partial charge >= 0.3 is 0 Å². The number of rotatable bonds is 2.